The Balaban J connectivity index is 2.72. The number of hydrogen-bond donors (Lipinski definition) is 2. The zero-order valence-corrected chi connectivity index (χ0v) is 11.4. The van der Waals surface area contributed by atoms with Gasteiger partial charge in [0.2, 0.25) is 0 Å². The highest BCUT2D eigenvalue weighted by atomic mass is 32.1. The molecule has 0 aromatic carbocycles. The van der Waals surface area contributed by atoms with Gasteiger partial charge in [0.05, 0.1) is 12.3 Å². The third-order valence-corrected chi connectivity index (χ3v) is 3.31. The molecule has 0 amide bonds. The summed E-state index contributed by atoms with van der Waals surface area (Å²) in [6.45, 7) is 9.51. The summed E-state index contributed by atoms with van der Waals surface area (Å²) in [5.41, 5.74) is 1.26. The quantitative estimate of drug-likeness (QED) is 0.834. The number of nitrogens with one attached hydrogen (secondary N) is 1. The van der Waals surface area contributed by atoms with Crippen LogP contribution in [-0.4, -0.2) is 15.6 Å². The molecule has 1 aromatic heterocycles. The lowest BCUT2D eigenvalue weighted by molar-refractivity contribution is 0.281. The predicted molar refractivity (Wildman–Crippen MR) is 68.6 cm³/mol. The van der Waals surface area contributed by atoms with Gasteiger partial charge in [-0.3, -0.25) is 0 Å². The van der Waals surface area contributed by atoms with E-state index in [9.17, 15) is 0 Å². The van der Waals surface area contributed by atoms with Gasteiger partial charge in [0.25, 0.3) is 0 Å². The molecule has 0 saturated carbocycles. The van der Waals surface area contributed by atoms with Crippen molar-refractivity contribution in [1.82, 2.24) is 10.3 Å². The molecular formula is C12H22N2OS. The summed E-state index contributed by atoms with van der Waals surface area (Å²) in [4.78, 5) is 5.71. The van der Waals surface area contributed by atoms with Crippen LogP contribution in [0.5, 0.6) is 0 Å². The molecule has 92 valence electrons. The van der Waals surface area contributed by atoms with Crippen molar-refractivity contribution in [3.05, 3.63) is 15.6 Å². The predicted octanol–water partition coefficient (Wildman–Crippen LogP) is 2.48. The summed E-state index contributed by atoms with van der Waals surface area (Å²) in [5, 5.41) is 13.4. The fourth-order valence-electron chi connectivity index (χ4n) is 1.42. The van der Waals surface area contributed by atoms with Crippen LogP contribution in [-0.2, 0) is 19.6 Å². The first-order chi connectivity index (χ1) is 7.46. The number of nitrogens with zero attached hydrogens (tertiary/aromatic N) is 1. The van der Waals surface area contributed by atoms with Gasteiger partial charge in [-0.2, -0.15) is 0 Å². The molecule has 0 radical (unpaired) electrons. The van der Waals surface area contributed by atoms with Crippen molar-refractivity contribution in [3.8, 4) is 0 Å². The standard InChI is InChI=1S/C12H22N2OS/c1-5-6-9-10(7-13-12(2,3)4)16-11(8-15)14-9/h13,15H,5-8H2,1-4H3. The van der Waals surface area contributed by atoms with E-state index in [4.69, 9.17) is 5.11 Å². The Morgan fingerprint density at radius 3 is 2.56 bits per heavy atom. The van der Waals surface area contributed by atoms with Gasteiger partial charge in [-0.25, -0.2) is 4.98 Å². The maximum absolute atomic E-state index is 9.10. The Morgan fingerprint density at radius 2 is 2.06 bits per heavy atom. The molecule has 0 bridgehead atoms. The number of aliphatic hydroxyl groups excluding tert-OH is 1. The van der Waals surface area contributed by atoms with Crippen LogP contribution in [0, 0.1) is 0 Å². The maximum atomic E-state index is 9.10. The zero-order valence-electron chi connectivity index (χ0n) is 10.6. The van der Waals surface area contributed by atoms with Crippen LogP contribution >= 0.6 is 11.3 Å². The largest absolute Gasteiger partial charge is 0.389 e. The van der Waals surface area contributed by atoms with Crippen molar-refractivity contribution < 1.29 is 5.11 Å². The Morgan fingerprint density at radius 1 is 1.38 bits per heavy atom. The van der Waals surface area contributed by atoms with Crippen LogP contribution in [0.25, 0.3) is 0 Å². The van der Waals surface area contributed by atoms with Gasteiger partial charge in [0.15, 0.2) is 0 Å². The summed E-state index contributed by atoms with van der Waals surface area (Å²) < 4.78 is 0. The van der Waals surface area contributed by atoms with E-state index < -0.39 is 0 Å². The highest BCUT2D eigenvalue weighted by Crippen LogP contribution is 2.20. The second kappa shape index (κ2) is 5.75. The zero-order chi connectivity index (χ0) is 12.2. The normalized spacial score (nSPS) is 12.1. The summed E-state index contributed by atoms with van der Waals surface area (Å²) >= 11 is 1.62. The minimum absolute atomic E-state index is 0.0525. The van der Waals surface area contributed by atoms with Gasteiger partial charge in [-0.05, 0) is 27.2 Å². The molecule has 0 unspecified atom stereocenters. The van der Waals surface area contributed by atoms with Gasteiger partial charge in [-0.1, -0.05) is 13.3 Å². The van der Waals surface area contributed by atoms with E-state index in [1.807, 2.05) is 0 Å². The molecule has 0 aliphatic rings. The third kappa shape index (κ3) is 4.20. The molecule has 1 rings (SSSR count). The molecule has 16 heavy (non-hydrogen) atoms. The molecule has 0 fully saturated rings. The second-order valence-corrected chi connectivity index (χ2v) is 6.16. The fourth-order valence-corrected chi connectivity index (χ4v) is 2.33. The molecule has 0 atom stereocenters. The summed E-state index contributed by atoms with van der Waals surface area (Å²) in [6.07, 6.45) is 2.09. The molecule has 3 nitrogen and oxygen atoms in total. The average molecular weight is 242 g/mol. The Hall–Kier alpha value is -0.450. The molecule has 0 spiro atoms. The summed E-state index contributed by atoms with van der Waals surface area (Å²) in [5.74, 6) is 0. The average Bonchev–Trinajstić information content (AvgIpc) is 2.57. The number of hydrogen-bond acceptors (Lipinski definition) is 4. The Kier molecular flexibility index (Phi) is 4.89. The minimum atomic E-state index is 0.0525. The first kappa shape index (κ1) is 13.6. The first-order valence-corrected chi connectivity index (χ1v) is 6.61. The molecule has 0 saturated heterocycles. The first-order valence-electron chi connectivity index (χ1n) is 5.79. The van der Waals surface area contributed by atoms with Crippen molar-refractivity contribution in [1.29, 1.82) is 0 Å². The van der Waals surface area contributed by atoms with E-state index >= 15 is 0 Å². The van der Waals surface area contributed by atoms with Crippen molar-refractivity contribution in [2.45, 2.75) is 59.2 Å². The summed E-state index contributed by atoms with van der Waals surface area (Å²) in [7, 11) is 0. The number of thiazole rings is 1. The van der Waals surface area contributed by atoms with Gasteiger partial charge < -0.3 is 10.4 Å². The number of aryl methyl sites for hydroxylation is 1. The Labute approximate surface area is 102 Å². The fraction of sp³-hybridized carbons (Fsp3) is 0.750. The van der Waals surface area contributed by atoms with Crippen molar-refractivity contribution in [2.24, 2.45) is 0 Å². The van der Waals surface area contributed by atoms with E-state index in [0.717, 1.165) is 30.1 Å². The topological polar surface area (TPSA) is 45.2 Å². The molecular weight excluding hydrogens is 220 g/mol. The molecule has 0 aliphatic carbocycles. The van der Waals surface area contributed by atoms with Gasteiger partial charge in [0.1, 0.15) is 5.01 Å². The second-order valence-electron chi connectivity index (χ2n) is 4.99. The minimum Gasteiger partial charge on any atom is -0.389 e. The SMILES string of the molecule is CCCc1nc(CO)sc1CNC(C)(C)C. The van der Waals surface area contributed by atoms with E-state index in [1.165, 1.54) is 4.88 Å². The molecule has 1 heterocycles. The van der Waals surface area contributed by atoms with Crippen molar-refractivity contribution in [3.63, 3.8) is 0 Å². The maximum Gasteiger partial charge on any atom is 0.119 e. The number of aliphatic hydroxyl groups is 1. The lowest BCUT2D eigenvalue weighted by Crippen LogP contribution is -2.35. The lowest BCUT2D eigenvalue weighted by atomic mass is 10.1. The smallest absolute Gasteiger partial charge is 0.119 e. The molecule has 4 heteroatoms. The van der Waals surface area contributed by atoms with Crippen molar-refractivity contribution in [2.75, 3.05) is 0 Å². The van der Waals surface area contributed by atoms with Crippen LogP contribution in [0.1, 0.15) is 49.7 Å². The van der Waals surface area contributed by atoms with E-state index in [2.05, 4.69) is 38.0 Å². The van der Waals surface area contributed by atoms with Gasteiger partial charge >= 0.3 is 0 Å². The van der Waals surface area contributed by atoms with Crippen LogP contribution in [0.15, 0.2) is 0 Å². The molecule has 0 aliphatic heterocycles. The Bertz CT molecular complexity index is 328. The monoisotopic (exact) mass is 242 g/mol. The van der Waals surface area contributed by atoms with Crippen LogP contribution < -0.4 is 5.32 Å². The third-order valence-electron chi connectivity index (χ3n) is 2.22. The van der Waals surface area contributed by atoms with Crippen LogP contribution in [0.4, 0.5) is 0 Å². The van der Waals surface area contributed by atoms with E-state index in [1.54, 1.807) is 11.3 Å². The number of rotatable bonds is 5. The van der Waals surface area contributed by atoms with E-state index in [-0.39, 0.29) is 12.1 Å². The van der Waals surface area contributed by atoms with E-state index in [0.29, 0.717) is 0 Å². The lowest BCUT2D eigenvalue weighted by Gasteiger charge is -2.20. The van der Waals surface area contributed by atoms with Crippen molar-refractivity contribution >= 4 is 11.3 Å². The highest BCUT2D eigenvalue weighted by Gasteiger charge is 2.13. The summed E-state index contributed by atoms with van der Waals surface area (Å²) in [6, 6.07) is 0. The van der Waals surface area contributed by atoms with Gasteiger partial charge in [0, 0.05) is 17.0 Å². The highest BCUT2D eigenvalue weighted by molar-refractivity contribution is 7.11. The van der Waals surface area contributed by atoms with Gasteiger partial charge in [-0.15, -0.1) is 11.3 Å². The number of aromatic nitrogens is 1. The van der Waals surface area contributed by atoms with Crippen LogP contribution in [0.3, 0.4) is 0 Å². The van der Waals surface area contributed by atoms with Crippen LogP contribution in [0.2, 0.25) is 0 Å². The molecule has 2 N–H and O–H groups in total. The molecule has 1 aromatic rings.